The molecule has 0 saturated heterocycles. The number of alkyl halides is 3. The van der Waals surface area contributed by atoms with Gasteiger partial charge in [0.2, 0.25) is 0 Å². The van der Waals surface area contributed by atoms with E-state index >= 15 is 0 Å². The molecule has 0 bridgehead atoms. The Balaban J connectivity index is 2.56. The van der Waals surface area contributed by atoms with E-state index < -0.39 is 24.4 Å². The zero-order valence-electron chi connectivity index (χ0n) is 9.10. The molecule has 6 heteroatoms. The van der Waals surface area contributed by atoms with Gasteiger partial charge < -0.3 is 9.47 Å². The number of ether oxygens (including phenoxy) is 2. The maximum atomic E-state index is 12.8. The molecular weight excluding hydrogens is 225 g/mol. The van der Waals surface area contributed by atoms with E-state index in [1.165, 1.54) is 0 Å². The van der Waals surface area contributed by atoms with Crippen LogP contribution in [0.4, 0.5) is 13.2 Å². The number of hydrogen-bond acceptors (Lipinski definition) is 3. The third-order valence-corrected chi connectivity index (χ3v) is 2.70. The number of rotatable bonds is 4. The van der Waals surface area contributed by atoms with Crippen LogP contribution in [-0.4, -0.2) is 31.0 Å². The van der Waals surface area contributed by atoms with Crippen LogP contribution in [0.3, 0.4) is 0 Å². The second-order valence-corrected chi connectivity index (χ2v) is 3.79. The van der Waals surface area contributed by atoms with Crippen molar-refractivity contribution in [3.63, 3.8) is 0 Å². The maximum absolute atomic E-state index is 12.8. The molecule has 1 aliphatic rings. The van der Waals surface area contributed by atoms with E-state index in [9.17, 15) is 18.0 Å². The van der Waals surface area contributed by atoms with Crippen molar-refractivity contribution in [1.29, 1.82) is 0 Å². The molecule has 0 heterocycles. The highest BCUT2D eigenvalue weighted by atomic mass is 19.4. The Hall–Kier alpha value is -0.780. The van der Waals surface area contributed by atoms with Crippen molar-refractivity contribution in [2.24, 2.45) is 0 Å². The van der Waals surface area contributed by atoms with Crippen molar-refractivity contribution in [3.8, 4) is 0 Å². The zero-order valence-corrected chi connectivity index (χ0v) is 9.10. The molecule has 94 valence electrons. The Labute approximate surface area is 91.9 Å². The number of carbonyl (C=O) groups is 1. The third-order valence-electron chi connectivity index (χ3n) is 2.70. The van der Waals surface area contributed by atoms with Gasteiger partial charge in [-0.25, -0.2) is 4.79 Å². The van der Waals surface area contributed by atoms with Gasteiger partial charge in [-0.2, -0.15) is 13.2 Å². The molecular formula is C10H15F3O3. The topological polar surface area (TPSA) is 35.5 Å². The zero-order chi connectivity index (χ0) is 12.2. The Morgan fingerprint density at radius 1 is 1.31 bits per heavy atom. The van der Waals surface area contributed by atoms with Crippen molar-refractivity contribution in [3.05, 3.63) is 0 Å². The van der Waals surface area contributed by atoms with Crippen LogP contribution < -0.4 is 0 Å². The highest BCUT2D eigenvalue weighted by Gasteiger charge is 2.57. The summed E-state index contributed by atoms with van der Waals surface area (Å²) >= 11 is 0. The summed E-state index contributed by atoms with van der Waals surface area (Å²) in [4.78, 5) is 11.0. The van der Waals surface area contributed by atoms with Crippen molar-refractivity contribution in [1.82, 2.24) is 0 Å². The van der Waals surface area contributed by atoms with Gasteiger partial charge in [-0.15, -0.1) is 0 Å². The lowest BCUT2D eigenvalue weighted by molar-refractivity contribution is -0.275. The summed E-state index contributed by atoms with van der Waals surface area (Å²) < 4.78 is 47.6. The van der Waals surface area contributed by atoms with Crippen LogP contribution in [0.15, 0.2) is 0 Å². The molecule has 1 rings (SSSR count). The second kappa shape index (κ2) is 5.03. The van der Waals surface area contributed by atoms with Gasteiger partial charge in [0.25, 0.3) is 0 Å². The third kappa shape index (κ3) is 2.87. The first-order valence-electron chi connectivity index (χ1n) is 5.27. The summed E-state index contributed by atoms with van der Waals surface area (Å²) in [5, 5.41) is 0. The Morgan fingerprint density at radius 3 is 2.31 bits per heavy atom. The first-order valence-corrected chi connectivity index (χ1v) is 5.27. The molecule has 1 fully saturated rings. The Bertz CT molecular complexity index is 244. The maximum Gasteiger partial charge on any atom is 0.417 e. The van der Waals surface area contributed by atoms with Crippen molar-refractivity contribution < 1.29 is 27.4 Å². The molecule has 3 nitrogen and oxygen atoms in total. The lowest BCUT2D eigenvalue weighted by Crippen LogP contribution is -2.46. The van der Waals surface area contributed by atoms with E-state index in [2.05, 4.69) is 4.74 Å². The molecule has 16 heavy (non-hydrogen) atoms. The van der Waals surface area contributed by atoms with Crippen LogP contribution in [0.25, 0.3) is 0 Å². The van der Waals surface area contributed by atoms with Crippen molar-refractivity contribution >= 4 is 5.97 Å². The molecule has 1 aliphatic carbocycles. The minimum Gasteiger partial charge on any atom is -0.464 e. The van der Waals surface area contributed by atoms with Crippen molar-refractivity contribution in [2.75, 3.05) is 13.2 Å². The largest absolute Gasteiger partial charge is 0.464 e. The quantitative estimate of drug-likeness (QED) is 0.708. The minimum atomic E-state index is -4.42. The molecule has 1 saturated carbocycles. The van der Waals surface area contributed by atoms with Crippen LogP contribution >= 0.6 is 0 Å². The Morgan fingerprint density at radius 2 is 1.88 bits per heavy atom. The predicted octanol–water partition coefficient (Wildman–Crippen LogP) is 2.44. The van der Waals surface area contributed by atoms with Crippen molar-refractivity contribution in [2.45, 2.75) is 44.4 Å². The van der Waals surface area contributed by atoms with E-state index in [4.69, 9.17) is 4.74 Å². The lowest BCUT2D eigenvalue weighted by atomic mass is 10.0. The van der Waals surface area contributed by atoms with Crippen LogP contribution in [0, 0.1) is 0 Å². The molecule has 0 atom stereocenters. The lowest BCUT2D eigenvalue weighted by Gasteiger charge is -2.31. The van der Waals surface area contributed by atoms with Gasteiger partial charge in [-0.1, -0.05) is 12.8 Å². The van der Waals surface area contributed by atoms with Gasteiger partial charge in [0.1, 0.15) is 6.61 Å². The highest BCUT2D eigenvalue weighted by molar-refractivity contribution is 5.70. The molecule has 0 aromatic rings. The summed E-state index contributed by atoms with van der Waals surface area (Å²) in [5.74, 6) is -0.752. The van der Waals surface area contributed by atoms with E-state index in [0.29, 0.717) is 12.8 Å². The fourth-order valence-corrected chi connectivity index (χ4v) is 1.86. The van der Waals surface area contributed by atoms with Gasteiger partial charge in [0.15, 0.2) is 5.60 Å². The van der Waals surface area contributed by atoms with Crippen LogP contribution in [0.1, 0.15) is 32.6 Å². The average molecular weight is 240 g/mol. The normalized spacial score (nSPS) is 19.8. The fraction of sp³-hybridized carbons (Fsp3) is 0.900. The van der Waals surface area contributed by atoms with Crippen LogP contribution in [-0.2, 0) is 14.3 Å². The van der Waals surface area contributed by atoms with Gasteiger partial charge in [-0.3, -0.25) is 0 Å². The molecule has 0 spiro atoms. The molecule has 0 amide bonds. The molecule has 0 N–H and O–H groups in total. The summed E-state index contributed by atoms with van der Waals surface area (Å²) in [5.41, 5.74) is -2.14. The van der Waals surface area contributed by atoms with E-state index in [-0.39, 0.29) is 19.4 Å². The number of halogens is 3. The van der Waals surface area contributed by atoms with E-state index in [0.717, 1.165) is 0 Å². The smallest absolute Gasteiger partial charge is 0.417 e. The fourth-order valence-electron chi connectivity index (χ4n) is 1.86. The van der Waals surface area contributed by atoms with Crippen LogP contribution in [0.2, 0.25) is 0 Å². The Kier molecular flexibility index (Phi) is 4.18. The monoisotopic (exact) mass is 240 g/mol. The van der Waals surface area contributed by atoms with Gasteiger partial charge >= 0.3 is 12.1 Å². The van der Waals surface area contributed by atoms with E-state index in [1.54, 1.807) is 6.92 Å². The minimum absolute atomic E-state index is 0.0735. The molecule has 0 unspecified atom stereocenters. The van der Waals surface area contributed by atoms with Gasteiger partial charge in [0.05, 0.1) is 6.61 Å². The molecule has 0 aromatic heterocycles. The van der Waals surface area contributed by atoms with Crippen LogP contribution in [0.5, 0.6) is 0 Å². The van der Waals surface area contributed by atoms with Gasteiger partial charge in [0, 0.05) is 0 Å². The first-order chi connectivity index (χ1) is 7.41. The summed E-state index contributed by atoms with van der Waals surface area (Å²) in [6.45, 7) is 1.10. The molecule has 0 aromatic carbocycles. The highest BCUT2D eigenvalue weighted by Crippen LogP contribution is 2.45. The standard InChI is InChI=1S/C10H15F3O3/c1-2-15-8(14)7-16-9(10(11,12)13)5-3-4-6-9/h2-7H2,1H3. The van der Waals surface area contributed by atoms with E-state index in [1.807, 2.05) is 0 Å². The second-order valence-electron chi connectivity index (χ2n) is 3.79. The predicted molar refractivity (Wildman–Crippen MR) is 49.8 cm³/mol. The molecule has 0 aliphatic heterocycles. The SMILES string of the molecule is CCOC(=O)COC1(C(F)(F)F)CCCC1. The number of carbonyl (C=O) groups excluding carboxylic acids is 1. The van der Waals surface area contributed by atoms with Gasteiger partial charge in [-0.05, 0) is 19.8 Å². The summed E-state index contributed by atoms with van der Waals surface area (Å²) in [6, 6.07) is 0. The first kappa shape index (κ1) is 13.3. The summed E-state index contributed by atoms with van der Waals surface area (Å²) in [6.07, 6.45) is -3.62. The average Bonchev–Trinajstić information content (AvgIpc) is 2.64. The summed E-state index contributed by atoms with van der Waals surface area (Å²) in [7, 11) is 0. The molecule has 0 radical (unpaired) electrons. The number of esters is 1. The number of hydrogen-bond donors (Lipinski definition) is 0.